The molecule has 29 heavy (non-hydrogen) atoms. The number of rotatable bonds is 6. The third kappa shape index (κ3) is 6.59. The molecule has 3 rings (SSSR count). The van der Waals surface area contributed by atoms with Crippen molar-refractivity contribution in [2.45, 2.75) is 39.2 Å². The molecule has 0 atom stereocenters. The Bertz CT molecular complexity index is 911. The highest BCUT2D eigenvalue weighted by Crippen LogP contribution is 2.22. The summed E-state index contributed by atoms with van der Waals surface area (Å²) < 4.78 is 7.68. The second kappa shape index (κ2) is 10.4. The molecule has 0 fully saturated rings. The Kier molecular flexibility index (Phi) is 8.24. The second-order valence-corrected chi connectivity index (χ2v) is 7.60. The van der Waals surface area contributed by atoms with Gasteiger partial charge in [0.2, 0.25) is 5.89 Å². The standard InChI is InChI=1S/C21H28N6O.HI/c1-21(2,3)18-13-24-19(28-18)14-25-20(22-4)23-11-10-16-12-26-27(15-16)17-8-6-5-7-9-17;/h5-9,12-13,15H,10-11,14H2,1-4H3,(H2,22,23,25);1H. The van der Waals surface area contributed by atoms with E-state index in [1.54, 1.807) is 13.2 Å². The van der Waals surface area contributed by atoms with E-state index in [2.05, 4.69) is 46.5 Å². The van der Waals surface area contributed by atoms with Crippen LogP contribution < -0.4 is 10.6 Å². The van der Waals surface area contributed by atoms with Crippen LogP contribution in [0.5, 0.6) is 0 Å². The number of benzene rings is 1. The van der Waals surface area contributed by atoms with Crippen LogP contribution in [0.2, 0.25) is 0 Å². The summed E-state index contributed by atoms with van der Waals surface area (Å²) in [5.74, 6) is 2.24. The van der Waals surface area contributed by atoms with Crippen molar-refractivity contribution in [1.82, 2.24) is 25.4 Å². The lowest BCUT2D eigenvalue weighted by Crippen LogP contribution is -2.37. The number of nitrogens with zero attached hydrogens (tertiary/aromatic N) is 4. The zero-order valence-electron chi connectivity index (χ0n) is 17.3. The van der Waals surface area contributed by atoms with Gasteiger partial charge in [-0.3, -0.25) is 4.99 Å². The number of aromatic nitrogens is 3. The van der Waals surface area contributed by atoms with Gasteiger partial charge < -0.3 is 15.1 Å². The molecule has 0 aliphatic carbocycles. The fraction of sp³-hybridized carbons (Fsp3) is 0.381. The molecule has 7 nitrogen and oxygen atoms in total. The highest BCUT2D eigenvalue weighted by molar-refractivity contribution is 14.0. The van der Waals surface area contributed by atoms with E-state index >= 15 is 0 Å². The number of oxazole rings is 1. The predicted molar refractivity (Wildman–Crippen MR) is 126 cm³/mol. The largest absolute Gasteiger partial charge is 0.443 e. The lowest BCUT2D eigenvalue weighted by Gasteiger charge is -2.13. The van der Waals surface area contributed by atoms with Gasteiger partial charge in [-0.25, -0.2) is 9.67 Å². The topological polar surface area (TPSA) is 80.3 Å². The maximum absolute atomic E-state index is 5.79. The van der Waals surface area contributed by atoms with Crippen molar-refractivity contribution in [3.63, 3.8) is 0 Å². The van der Waals surface area contributed by atoms with E-state index in [1.165, 1.54) is 0 Å². The van der Waals surface area contributed by atoms with Crippen LogP contribution in [0.4, 0.5) is 0 Å². The van der Waals surface area contributed by atoms with Crippen LogP contribution in [0.1, 0.15) is 38.0 Å². The highest BCUT2D eigenvalue weighted by atomic mass is 127. The molecule has 0 bridgehead atoms. The van der Waals surface area contributed by atoms with E-state index in [1.807, 2.05) is 47.4 Å². The van der Waals surface area contributed by atoms with Crippen LogP contribution in [0.25, 0.3) is 5.69 Å². The van der Waals surface area contributed by atoms with Gasteiger partial charge in [-0.1, -0.05) is 39.0 Å². The molecule has 156 valence electrons. The molecule has 1 aromatic carbocycles. The third-order valence-corrected chi connectivity index (χ3v) is 4.29. The van der Waals surface area contributed by atoms with Crippen molar-refractivity contribution in [3.05, 3.63) is 66.1 Å². The van der Waals surface area contributed by atoms with E-state index in [4.69, 9.17) is 4.42 Å². The molecule has 0 saturated carbocycles. The van der Waals surface area contributed by atoms with Gasteiger partial charge in [0, 0.05) is 25.2 Å². The van der Waals surface area contributed by atoms with Crippen LogP contribution in [-0.4, -0.2) is 34.3 Å². The first-order valence-electron chi connectivity index (χ1n) is 9.44. The summed E-state index contributed by atoms with van der Waals surface area (Å²) >= 11 is 0. The maximum Gasteiger partial charge on any atom is 0.213 e. The Morgan fingerprint density at radius 1 is 1.14 bits per heavy atom. The molecule has 0 saturated heterocycles. The lowest BCUT2D eigenvalue weighted by molar-refractivity contribution is 0.379. The average Bonchev–Trinajstić information content (AvgIpc) is 3.34. The van der Waals surface area contributed by atoms with E-state index in [0.29, 0.717) is 18.4 Å². The average molecular weight is 508 g/mol. The minimum atomic E-state index is -0.0463. The van der Waals surface area contributed by atoms with Gasteiger partial charge in [0.1, 0.15) is 5.76 Å². The molecule has 2 aromatic heterocycles. The SMILES string of the molecule is CN=C(NCCc1cnn(-c2ccccc2)c1)NCc1ncc(C(C)(C)C)o1.I. The van der Waals surface area contributed by atoms with Crippen molar-refractivity contribution in [1.29, 1.82) is 0 Å². The van der Waals surface area contributed by atoms with E-state index in [-0.39, 0.29) is 29.4 Å². The Hall–Kier alpha value is -2.36. The normalized spacial score (nSPS) is 11.8. The molecule has 8 heteroatoms. The summed E-state index contributed by atoms with van der Waals surface area (Å²) in [6.45, 7) is 7.54. The van der Waals surface area contributed by atoms with Gasteiger partial charge in [-0.2, -0.15) is 5.10 Å². The molecular weight excluding hydrogens is 479 g/mol. The van der Waals surface area contributed by atoms with E-state index in [0.717, 1.165) is 30.0 Å². The van der Waals surface area contributed by atoms with Crippen LogP contribution in [0, 0.1) is 0 Å². The molecule has 2 heterocycles. The zero-order valence-corrected chi connectivity index (χ0v) is 19.7. The molecule has 3 aromatic rings. The predicted octanol–water partition coefficient (Wildman–Crippen LogP) is 3.68. The van der Waals surface area contributed by atoms with Crippen LogP contribution >= 0.6 is 24.0 Å². The number of hydrogen-bond donors (Lipinski definition) is 2. The van der Waals surface area contributed by atoms with Crippen molar-refractivity contribution in [2.75, 3.05) is 13.6 Å². The van der Waals surface area contributed by atoms with E-state index in [9.17, 15) is 0 Å². The van der Waals surface area contributed by atoms with Crippen LogP contribution in [0.15, 0.2) is 58.3 Å². The molecule has 0 radical (unpaired) electrons. The smallest absolute Gasteiger partial charge is 0.213 e. The van der Waals surface area contributed by atoms with Gasteiger partial charge in [-0.15, -0.1) is 24.0 Å². The third-order valence-electron chi connectivity index (χ3n) is 4.29. The van der Waals surface area contributed by atoms with Gasteiger partial charge in [0.05, 0.1) is 24.6 Å². The number of aliphatic imine (C=N–C) groups is 1. The number of nitrogens with one attached hydrogen (secondary N) is 2. The molecule has 0 amide bonds. The van der Waals surface area contributed by atoms with Crippen LogP contribution in [0.3, 0.4) is 0 Å². The zero-order chi connectivity index (χ0) is 20.0. The Balaban J connectivity index is 0.00000300. The molecule has 2 N–H and O–H groups in total. The number of halogens is 1. The quantitative estimate of drug-likeness (QED) is 0.302. The van der Waals surface area contributed by atoms with Gasteiger partial charge >= 0.3 is 0 Å². The fourth-order valence-corrected chi connectivity index (χ4v) is 2.66. The molecule has 0 unspecified atom stereocenters. The highest BCUT2D eigenvalue weighted by Gasteiger charge is 2.19. The Morgan fingerprint density at radius 3 is 2.55 bits per heavy atom. The first-order valence-corrected chi connectivity index (χ1v) is 9.44. The van der Waals surface area contributed by atoms with Crippen molar-refractivity contribution < 1.29 is 4.42 Å². The summed E-state index contributed by atoms with van der Waals surface area (Å²) in [6.07, 6.45) is 6.58. The van der Waals surface area contributed by atoms with Gasteiger partial charge in [-0.05, 0) is 24.1 Å². The molecule has 0 aliphatic rings. The fourth-order valence-electron chi connectivity index (χ4n) is 2.66. The number of guanidine groups is 1. The summed E-state index contributed by atoms with van der Waals surface area (Å²) in [6, 6.07) is 10.1. The van der Waals surface area contributed by atoms with Crippen molar-refractivity contribution in [2.24, 2.45) is 4.99 Å². The van der Waals surface area contributed by atoms with Crippen LogP contribution in [-0.2, 0) is 18.4 Å². The lowest BCUT2D eigenvalue weighted by atomic mass is 9.94. The molecular formula is C21H29IN6O. The first kappa shape index (κ1) is 22.9. The first-order chi connectivity index (χ1) is 13.5. The van der Waals surface area contributed by atoms with E-state index < -0.39 is 0 Å². The molecule has 0 spiro atoms. The monoisotopic (exact) mass is 508 g/mol. The van der Waals surface area contributed by atoms with Gasteiger partial charge in [0.15, 0.2) is 5.96 Å². The summed E-state index contributed by atoms with van der Waals surface area (Å²) in [7, 11) is 1.75. The number of hydrogen-bond acceptors (Lipinski definition) is 4. The summed E-state index contributed by atoms with van der Waals surface area (Å²) in [5.41, 5.74) is 2.17. The second-order valence-electron chi connectivity index (χ2n) is 7.60. The van der Waals surface area contributed by atoms with Crippen molar-refractivity contribution >= 4 is 29.9 Å². The molecule has 0 aliphatic heterocycles. The maximum atomic E-state index is 5.79. The van der Waals surface area contributed by atoms with Crippen molar-refractivity contribution in [3.8, 4) is 5.69 Å². The Labute approximate surface area is 189 Å². The van der Waals surface area contributed by atoms with Gasteiger partial charge in [0.25, 0.3) is 0 Å². The number of para-hydroxylation sites is 1. The Morgan fingerprint density at radius 2 is 1.90 bits per heavy atom. The minimum absolute atomic E-state index is 0. The minimum Gasteiger partial charge on any atom is -0.443 e. The summed E-state index contributed by atoms with van der Waals surface area (Å²) in [4.78, 5) is 8.57. The summed E-state index contributed by atoms with van der Waals surface area (Å²) in [5, 5.41) is 11.0.